The van der Waals surface area contributed by atoms with E-state index in [0.29, 0.717) is 12.2 Å². The molecule has 92 valence electrons. The van der Waals surface area contributed by atoms with E-state index in [1.807, 2.05) is 0 Å². The first-order valence-corrected chi connectivity index (χ1v) is 5.08. The summed E-state index contributed by atoms with van der Waals surface area (Å²) in [7, 11) is 0. The first kappa shape index (κ1) is 11.9. The van der Waals surface area contributed by atoms with Gasteiger partial charge in [0.1, 0.15) is 12.1 Å². The van der Waals surface area contributed by atoms with Crippen LogP contribution in [0, 0.1) is 15.9 Å². The van der Waals surface area contributed by atoms with Crippen LogP contribution in [-0.4, -0.2) is 14.9 Å². The van der Waals surface area contributed by atoms with E-state index in [9.17, 15) is 14.5 Å². The number of hydrogen-bond donors (Lipinski definition) is 1. The van der Waals surface area contributed by atoms with Gasteiger partial charge in [-0.15, -0.1) is 0 Å². The van der Waals surface area contributed by atoms with Crippen molar-refractivity contribution in [1.82, 2.24) is 9.97 Å². The molecular weight excluding hydrogens is 239 g/mol. The van der Waals surface area contributed by atoms with Gasteiger partial charge in [0.05, 0.1) is 11.0 Å². The van der Waals surface area contributed by atoms with E-state index in [0.717, 1.165) is 11.6 Å². The van der Waals surface area contributed by atoms with Gasteiger partial charge in [-0.1, -0.05) is 0 Å². The van der Waals surface area contributed by atoms with Crippen LogP contribution in [0.15, 0.2) is 36.9 Å². The molecule has 0 unspecified atom stereocenters. The fraction of sp³-hybridized carbons (Fsp3) is 0.0909. The van der Waals surface area contributed by atoms with Crippen LogP contribution in [0.25, 0.3) is 0 Å². The lowest BCUT2D eigenvalue weighted by Crippen LogP contribution is -2.01. The summed E-state index contributed by atoms with van der Waals surface area (Å²) in [5.41, 5.74) is 0.844. The Morgan fingerprint density at radius 1 is 1.28 bits per heavy atom. The minimum absolute atomic E-state index is 0.290. The third kappa shape index (κ3) is 2.97. The van der Waals surface area contributed by atoms with E-state index in [1.165, 1.54) is 18.5 Å². The number of nitrogens with zero attached hydrogens (tertiary/aromatic N) is 3. The molecule has 0 aliphatic rings. The molecule has 0 saturated heterocycles. The quantitative estimate of drug-likeness (QED) is 0.662. The number of rotatable bonds is 4. The Hall–Kier alpha value is -2.57. The summed E-state index contributed by atoms with van der Waals surface area (Å²) >= 11 is 0. The van der Waals surface area contributed by atoms with Crippen LogP contribution in [-0.2, 0) is 6.54 Å². The third-order valence-electron chi connectivity index (χ3n) is 2.20. The number of benzene rings is 1. The molecule has 6 nitrogen and oxygen atoms in total. The number of non-ortho nitro benzene ring substituents is 1. The van der Waals surface area contributed by atoms with Gasteiger partial charge in [0, 0.05) is 36.3 Å². The maximum absolute atomic E-state index is 13.1. The van der Waals surface area contributed by atoms with E-state index in [4.69, 9.17) is 0 Å². The van der Waals surface area contributed by atoms with Crippen LogP contribution in [0.3, 0.4) is 0 Å². The Labute approximate surface area is 102 Å². The number of nitro benzene ring substituents is 1. The SMILES string of the molecule is O=[N+]([O-])c1cc(F)cc(NCc2cncnc2)c1. The van der Waals surface area contributed by atoms with E-state index in [2.05, 4.69) is 15.3 Å². The number of hydrogen-bond acceptors (Lipinski definition) is 5. The number of nitrogens with one attached hydrogen (secondary N) is 1. The Balaban J connectivity index is 2.12. The van der Waals surface area contributed by atoms with E-state index in [-0.39, 0.29) is 5.69 Å². The summed E-state index contributed by atoms with van der Waals surface area (Å²) in [6.07, 6.45) is 4.61. The minimum Gasteiger partial charge on any atom is -0.381 e. The average Bonchev–Trinajstić information content (AvgIpc) is 2.37. The lowest BCUT2D eigenvalue weighted by atomic mass is 10.2. The van der Waals surface area contributed by atoms with Crippen molar-refractivity contribution in [2.75, 3.05) is 5.32 Å². The fourth-order valence-electron chi connectivity index (χ4n) is 1.41. The van der Waals surface area contributed by atoms with Crippen molar-refractivity contribution in [3.63, 3.8) is 0 Å². The molecule has 0 spiro atoms. The molecule has 0 aliphatic heterocycles. The molecule has 2 rings (SSSR count). The van der Waals surface area contributed by atoms with Gasteiger partial charge in [-0.05, 0) is 6.07 Å². The second-order valence-electron chi connectivity index (χ2n) is 3.56. The summed E-state index contributed by atoms with van der Waals surface area (Å²) < 4.78 is 13.1. The number of nitro groups is 1. The number of anilines is 1. The molecule has 0 aliphatic carbocycles. The molecule has 18 heavy (non-hydrogen) atoms. The highest BCUT2D eigenvalue weighted by atomic mass is 19.1. The summed E-state index contributed by atoms with van der Waals surface area (Å²) in [5, 5.41) is 13.4. The molecule has 2 aromatic rings. The first-order chi connectivity index (χ1) is 8.65. The van der Waals surface area contributed by atoms with E-state index >= 15 is 0 Å². The van der Waals surface area contributed by atoms with E-state index < -0.39 is 10.7 Å². The first-order valence-electron chi connectivity index (χ1n) is 5.08. The molecule has 0 fully saturated rings. The molecule has 1 N–H and O–H groups in total. The molecule has 0 bridgehead atoms. The van der Waals surface area contributed by atoms with Crippen molar-refractivity contribution in [1.29, 1.82) is 0 Å². The maximum Gasteiger partial charge on any atom is 0.274 e. The number of aromatic nitrogens is 2. The van der Waals surface area contributed by atoms with Gasteiger partial charge in [0.25, 0.3) is 5.69 Å². The highest BCUT2D eigenvalue weighted by Gasteiger charge is 2.09. The van der Waals surface area contributed by atoms with Crippen LogP contribution in [0.4, 0.5) is 15.8 Å². The molecule has 0 amide bonds. The van der Waals surface area contributed by atoms with Crippen molar-refractivity contribution in [3.05, 3.63) is 58.4 Å². The Morgan fingerprint density at radius 3 is 2.67 bits per heavy atom. The molecule has 7 heteroatoms. The zero-order valence-corrected chi connectivity index (χ0v) is 9.21. The summed E-state index contributed by atoms with van der Waals surface area (Å²) in [6.45, 7) is 0.363. The maximum atomic E-state index is 13.1. The van der Waals surface area contributed by atoms with Crippen LogP contribution in [0.2, 0.25) is 0 Å². The monoisotopic (exact) mass is 248 g/mol. The van der Waals surface area contributed by atoms with Crippen molar-refractivity contribution < 1.29 is 9.31 Å². The standard InChI is InChI=1S/C11H9FN4O2/c12-9-1-10(3-11(2-9)16(17)18)15-6-8-4-13-7-14-5-8/h1-5,7,15H,6H2. The zero-order chi connectivity index (χ0) is 13.0. The summed E-state index contributed by atoms with van der Waals surface area (Å²) in [5.74, 6) is -0.656. The van der Waals surface area contributed by atoms with Crippen molar-refractivity contribution in [2.45, 2.75) is 6.54 Å². The van der Waals surface area contributed by atoms with Crippen LogP contribution >= 0.6 is 0 Å². The molecule has 1 aromatic heterocycles. The molecular formula is C11H9FN4O2. The normalized spacial score (nSPS) is 10.1. The minimum atomic E-state index is -0.656. The van der Waals surface area contributed by atoms with Crippen LogP contribution in [0.1, 0.15) is 5.56 Å². The van der Waals surface area contributed by atoms with Crippen molar-refractivity contribution in [2.24, 2.45) is 0 Å². The topological polar surface area (TPSA) is 81.0 Å². The van der Waals surface area contributed by atoms with Crippen molar-refractivity contribution in [3.8, 4) is 0 Å². The lowest BCUT2D eigenvalue weighted by Gasteiger charge is -2.05. The second-order valence-corrected chi connectivity index (χ2v) is 3.56. The van der Waals surface area contributed by atoms with Gasteiger partial charge in [-0.3, -0.25) is 10.1 Å². The smallest absolute Gasteiger partial charge is 0.274 e. The lowest BCUT2D eigenvalue weighted by molar-refractivity contribution is -0.385. The Kier molecular flexibility index (Phi) is 3.42. The molecule has 0 saturated carbocycles. The highest BCUT2D eigenvalue weighted by Crippen LogP contribution is 2.20. The molecule has 1 aromatic carbocycles. The second kappa shape index (κ2) is 5.17. The van der Waals surface area contributed by atoms with Crippen molar-refractivity contribution >= 4 is 11.4 Å². The van der Waals surface area contributed by atoms with Gasteiger partial charge >= 0.3 is 0 Å². The van der Waals surface area contributed by atoms with Gasteiger partial charge < -0.3 is 5.32 Å². The van der Waals surface area contributed by atoms with Gasteiger partial charge in [0.2, 0.25) is 0 Å². The summed E-state index contributed by atoms with van der Waals surface area (Å²) in [4.78, 5) is 17.6. The Morgan fingerprint density at radius 2 is 2.00 bits per heavy atom. The summed E-state index contributed by atoms with van der Waals surface area (Å²) in [6, 6.07) is 3.33. The highest BCUT2D eigenvalue weighted by molar-refractivity contribution is 5.51. The van der Waals surface area contributed by atoms with Crippen LogP contribution < -0.4 is 5.32 Å². The van der Waals surface area contributed by atoms with E-state index in [1.54, 1.807) is 12.4 Å². The zero-order valence-electron chi connectivity index (χ0n) is 9.21. The Bertz CT molecular complexity index is 562. The van der Waals surface area contributed by atoms with Crippen LogP contribution in [0.5, 0.6) is 0 Å². The molecule has 0 atom stereocenters. The fourth-order valence-corrected chi connectivity index (χ4v) is 1.41. The predicted octanol–water partition coefficient (Wildman–Crippen LogP) is 2.14. The largest absolute Gasteiger partial charge is 0.381 e. The third-order valence-corrected chi connectivity index (χ3v) is 2.20. The van der Waals surface area contributed by atoms with Gasteiger partial charge in [0.15, 0.2) is 0 Å². The number of halogens is 1. The van der Waals surface area contributed by atoms with Gasteiger partial charge in [-0.25, -0.2) is 14.4 Å². The average molecular weight is 248 g/mol. The molecule has 1 heterocycles. The molecule has 0 radical (unpaired) electrons. The predicted molar refractivity (Wildman–Crippen MR) is 62.4 cm³/mol. The van der Waals surface area contributed by atoms with Gasteiger partial charge in [-0.2, -0.15) is 0 Å².